The van der Waals surface area contributed by atoms with Crippen molar-refractivity contribution < 1.29 is 9.53 Å². The SMILES string of the molecule is CCn1nc(C)c(N)c1C(=O)Nc1ccc(OC)c(C)c1. The number of nitrogens with two attached hydrogens (primary N) is 1. The van der Waals surface area contributed by atoms with Crippen LogP contribution in [-0.2, 0) is 6.54 Å². The third-order valence-corrected chi connectivity index (χ3v) is 3.34. The topological polar surface area (TPSA) is 82.2 Å². The molecule has 0 saturated carbocycles. The van der Waals surface area contributed by atoms with Crippen molar-refractivity contribution in [1.29, 1.82) is 0 Å². The Labute approximate surface area is 123 Å². The van der Waals surface area contributed by atoms with Gasteiger partial charge in [0.05, 0.1) is 18.5 Å². The minimum atomic E-state index is -0.264. The van der Waals surface area contributed by atoms with Crippen LogP contribution in [0.2, 0.25) is 0 Å². The number of nitrogens with one attached hydrogen (secondary N) is 1. The van der Waals surface area contributed by atoms with Crippen molar-refractivity contribution in [3.05, 3.63) is 35.2 Å². The monoisotopic (exact) mass is 288 g/mol. The minimum absolute atomic E-state index is 0.264. The molecule has 0 radical (unpaired) electrons. The average molecular weight is 288 g/mol. The predicted molar refractivity (Wildman–Crippen MR) is 82.7 cm³/mol. The van der Waals surface area contributed by atoms with Crippen molar-refractivity contribution in [3.8, 4) is 5.75 Å². The average Bonchev–Trinajstić information content (AvgIpc) is 2.74. The van der Waals surface area contributed by atoms with E-state index in [0.29, 0.717) is 29.3 Å². The van der Waals surface area contributed by atoms with Gasteiger partial charge in [0, 0.05) is 12.2 Å². The summed E-state index contributed by atoms with van der Waals surface area (Å²) in [6.45, 7) is 6.21. The van der Waals surface area contributed by atoms with E-state index in [-0.39, 0.29) is 5.91 Å². The van der Waals surface area contributed by atoms with Gasteiger partial charge in [-0.1, -0.05) is 0 Å². The number of anilines is 2. The number of nitrogens with zero attached hydrogens (tertiary/aromatic N) is 2. The molecule has 1 aromatic heterocycles. The standard InChI is InChI=1S/C15H20N4O2/c1-5-19-14(13(16)10(3)18-19)15(20)17-11-6-7-12(21-4)9(2)8-11/h6-8H,5,16H2,1-4H3,(H,17,20). The number of hydrogen-bond acceptors (Lipinski definition) is 4. The molecule has 1 heterocycles. The van der Waals surface area contributed by atoms with Gasteiger partial charge in [0.25, 0.3) is 5.91 Å². The molecule has 2 rings (SSSR count). The number of carbonyl (C=O) groups excluding carboxylic acids is 1. The van der Waals surface area contributed by atoms with Crippen molar-refractivity contribution in [3.63, 3.8) is 0 Å². The number of hydrogen-bond donors (Lipinski definition) is 2. The van der Waals surface area contributed by atoms with E-state index >= 15 is 0 Å². The third-order valence-electron chi connectivity index (χ3n) is 3.34. The summed E-state index contributed by atoms with van der Waals surface area (Å²) in [6, 6.07) is 5.46. The molecular weight excluding hydrogens is 268 g/mol. The summed E-state index contributed by atoms with van der Waals surface area (Å²) in [4.78, 5) is 12.4. The van der Waals surface area contributed by atoms with Crippen molar-refractivity contribution in [2.45, 2.75) is 27.3 Å². The number of methoxy groups -OCH3 is 1. The highest BCUT2D eigenvalue weighted by molar-refractivity contribution is 6.06. The number of ether oxygens (including phenoxy) is 1. The molecule has 1 amide bonds. The Morgan fingerprint density at radius 1 is 1.43 bits per heavy atom. The van der Waals surface area contributed by atoms with Gasteiger partial charge >= 0.3 is 0 Å². The quantitative estimate of drug-likeness (QED) is 0.904. The smallest absolute Gasteiger partial charge is 0.276 e. The van der Waals surface area contributed by atoms with Crippen LogP contribution in [0.15, 0.2) is 18.2 Å². The van der Waals surface area contributed by atoms with Crippen LogP contribution in [0, 0.1) is 13.8 Å². The lowest BCUT2D eigenvalue weighted by Gasteiger charge is -2.10. The zero-order valence-electron chi connectivity index (χ0n) is 12.7. The molecular formula is C15H20N4O2. The van der Waals surface area contributed by atoms with Gasteiger partial charge in [0.1, 0.15) is 11.4 Å². The maximum Gasteiger partial charge on any atom is 0.276 e. The summed E-state index contributed by atoms with van der Waals surface area (Å²) in [7, 11) is 1.61. The molecule has 0 saturated heterocycles. The minimum Gasteiger partial charge on any atom is -0.496 e. The first kappa shape index (κ1) is 14.9. The molecule has 0 aliphatic carbocycles. The van der Waals surface area contributed by atoms with E-state index in [9.17, 15) is 4.79 Å². The van der Waals surface area contributed by atoms with E-state index in [4.69, 9.17) is 10.5 Å². The molecule has 112 valence electrons. The van der Waals surface area contributed by atoms with Gasteiger partial charge in [0.15, 0.2) is 0 Å². The zero-order chi connectivity index (χ0) is 15.6. The van der Waals surface area contributed by atoms with Gasteiger partial charge in [-0.2, -0.15) is 5.10 Å². The van der Waals surface area contributed by atoms with Gasteiger partial charge in [-0.15, -0.1) is 0 Å². The van der Waals surface area contributed by atoms with Crippen LogP contribution in [-0.4, -0.2) is 22.8 Å². The largest absolute Gasteiger partial charge is 0.496 e. The van der Waals surface area contributed by atoms with E-state index in [0.717, 1.165) is 11.3 Å². The second-order valence-electron chi connectivity index (χ2n) is 4.80. The Kier molecular flexibility index (Phi) is 4.16. The Balaban J connectivity index is 2.28. The van der Waals surface area contributed by atoms with Crippen molar-refractivity contribution in [1.82, 2.24) is 9.78 Å². The lowest BCUT2D eigenvalue weighted by molar-refractivity contribution is 0.101. The molecule has 0 atom stereocenters. The highest BCUT2D eigenvalue weighted by atomic mass is 16.5. The summed E-state index contributed by atoms with van der Waals surface area (Å²) in [5.74, 6) is 0.515. The van der Waals surface area contributed by atoms with Gasteiger partial charge in [-0.3, -0.25) is 9.48 Å². The Bertz CT molecular complexity index is 677. The molecule has 0 aliphatic rings. The Morgan fingerprint density at radius 3 is 2.71 bits per heavy atom. The lowest BCUT2D eigenvalue weighted by Crippen LogP contribution is -2.18. The molecule has 0 bridgehead atoms. The van der Waals surface area contributed by atoms with Gasteiger partial charge < -0.3 is 15.8 Å². The normalized spacial score (nSPS) is 10.5. The molecule has 21 heavy (non-hydrogen) atoms. The van der Waals surface area contributed by atoms with Gasteiger partial charge in [0.2, 0.25) is 0 Å². The molecule has 0 fully saturated rings. The van der Waals surface area contributed by atoms with Gasteiger partial charge in [-0.05, 0) is 44.5 Å². The fourth-order valence-corrected chi connectivity index (χ4v) is 2.21. The molecule has 1 aromatic carbocycles. The molecule has 6 heteroatoms. The van der Waals surface area contributed by atoms with Crippen LogP contribution in [0.1, 0.15) is 28.7 Å². The van der Waals surface area contributed by atoms with E-state index in [1.54, 1.807) is 24.8 Å². The molecule has 2 aromatic rings. The summed E-state index contributed by atoms with van der Waals surface area (Å²) >= 11 is 0. The molecule has 3 N–H and O–H groups in total. The Hall–Kier alpha value is -2.50. The van der Waals surface area contributed by atoms with Crippen LogP contribution in [0.4, 0.5) is 11.4 Å². The van der Waals surface area contributed by atoms with E-state index in [1.807, 2.05) is 26.0 Å². The number of rotatable bonds is 4. The molecule has 0 aliphatic heterocycles. The summed E-state index contributed by atoms with van der Waals surface area (Å²) < 4.78 is 6.81. The first-order chi connectivity index (χ1) is 9.97. The third kappa shape index (κ3) is 2.84. The van der Waals surface area contributed by atoms with Crippen LogP contribution in [0.5, 0.6) is 5.75 Å². The van der Waals surface area contributed by atoms with Crippen LogP contribution in [0.3, 0.4) is 0 Å². The van der Waals surface area contributed by atoms with Crippen molar-refractivity contribution >= 4 is 17.3 Å². The lowest BCUT2D eigenvalue weighted by atomic mass is 10.2. The summed E-state index contributed by atoms with van der Waals surface area (Å²) in [6.07, 6.45) is 0. The molecule has 6 nitrogen and oxygen atoms in total. The summed E-state index contributed by atoms with van der Waals surface area (Å²) in [5.41, 5.74) is 9.05. The number of aromatic nitrogens is 2. The first-order valence-electron chi connectivity index (χ1n) is 6.76. The van der Waals surface area contributed by atoms with Crippen molar-refractivity contribution in [2.24, 2.45) is 0 Å². The van der Waals surface area contributed by atoms with Crippen LogP contribution in [0.25, 0.3) is 0 Å². The maximum atomic E-state index is 12.4. The van der Waals surface area contributed by atoms with Crippen LogP contribution < -0.4 is 15.8 Å². The zero-order valence-corrected chi connectivity index (χ0v) is 12.7. The maximum absolute atomic E-state index is 12.4. The fraction of sp³-hybridized carbons (Fsp3) is 0.333. The first-order valence-corrected chi connectivity index (χ1v) is 6.76. The van der Waals surface area contributed by atoms with Gasteiger partial charge in [-0.25, -0.2) is 0 Å². The number of benzene rings is 1. The molecule has 0 spiro atoms. The van der Waals surface area contributed by atoms with Crippen molar-refractivity contribution in [2.75, 3.05) is 18.2 Å². The van der Waals surface area contributed by atoms with E-state index < -0.39 is 0 Å². The number of carbonyl (C=O) groups is 1. The highest BCUT2D eigenvalue weighted by Gasteiger charge is 2.19. The second-order valence-corrected chi connectivity index (χ2v) is 4.80. The highest BCUT2D eigenvalue weighted by Crippen LogP contribution is 2.23. The van der Waals surface area contributed by atoms with E-state index in [2.05, 4.69) is 10.4 Å². The molecule has 0 unspecified atom stereocenters. The summed E-state index contributed by atoms with van der Waals surface area (Å²) in [5, 5.41) is 7.09. The number of amides is 1. The predicted octanol–water partition coefficient (Wildman–Crippen LogP) is 2.36. The Morgan fingerprint density at radius 2 is 2.14 bits per heavy atom. The second kappa shape index (κ2) is 5.87. The number of aryl methyl sites for hydroxylation is 3. The number of nitrogen functional groups attached to an aromatic ring is 1. The fourth-order valence-electron chi connectivity index (χ4n) is 2.21. The van der Waals surface area contributed by atoms with Crippen LogP contribution >= 0.6 is 0 Å². The van der Waals surface area contributed by atoms with E-state index in [1.165, 1.54) is 0 Å².